The largest absolute Gasteiger partial charge is 0.466 e. The zero-order valence-electron chi connectivity index (χ0n) is 9.57. The van der Waals surface area contributed by atoms with Gasteiger partial charge in [0.15, 0.2) is 0 Å². The molecule has 1 rings (SSSR count). The van der Waals surface area contributed by atoms with E-state index in [4.69, 9.17) is 16.3 Å². The second-order valence-corrected chi connectivity index (χ2v) is 6.02. The number of hydrogen-bond donors (Lipinski definition) is 1. The van der Waals surface area contributed by atoms with E-state index in [0.717, 1.165) is 4.47 Å². The van der Waals surface area contributed by atoms with E-state index in [9.17, 15) is 9.90 Å². The van der Waals surface area contributed by atoms with Crippen LogP contribution in [0.2, 0.25) is 4.34 Å². The first-order chi connectivity index (χ1) is 8.01. The van der Waals surface area contributed by atoms with Crippen LogP contribution in [0.1, 0.15) is 31.2 Å². The van der Waals surface area contributed by atoms with Crippen LogP contribution in [0.15, 0.2) is 10.5 Å². The van der Waals surface area contributed by atoms with Crippen molar-refractivity contribution in [2.75, 3.05) is 6.61 Å². The van der Waals surface area contributed by atoms with Gasteiger partial charge in [-0.3, -0.25) is 4.79 Å². The standard InChI is InChI=1S/C11H14BrClO3S/c1-3-6(11(15)16-4-2)9(14)8-5-7(12)10(13)17-8/h5-6,9,14H,3-4H2,1-2H3. The van der Waals surface area contributed by atoms with Gasteiger partial charge < -0.3 is 9.84 Å². The maximum absolute atomic E-state index is 11.7. The van der Waals surface area contributed by atoms with E-state index in [0.29, 0.717) is 22.2 Å². The molecule has 0 aliphatic rings. The number of thiophene rings is 1. The van der Waals surface area contributed by atoms with Crippen LogP contribution in [-0.4, -0.2) is 17.7 Å². The van der Waals surface area contributed by atoms with Crippen molar-refractivity contribution in [3.8, 4) is 0 Å². The number of halogens is 2. The van der Waals surface area contributed by atoms with E-state index in [2.05, 4.69) is 15.9 Å². The minimum absolute atomic E-state index is 0.316. The summed E-state index contributed by atoms with van der Waals surface area (Å²) in [7, 11) is 0. The Bertz CT molecular complexity index is 375. The molecule has 1 N–H and O–H groups in total. The molecule has 0 amide bonds. The third-order valence-corrected chi connectivity index (χ3v) is 4.91. The van der Waals surface area contributed by atoms with Crippen LogP contribution in [0, 0.1) is 5.92 Å². The van der Waals surface area contributed by atoms with Gasteiger partial charge in [-0.05, 0) is 35.3 Å². The summed E-state index contributed by atoms with van der Waals surface area (Å²) in [5, 5.41) is 10.1. The third kappa shape index (κ3) is 3.68. The number of aliphatic hydroxyl groups is 1. The quantitative estimate of drug-likeness (QED) is 0.829. The maximum atomic E-state index is 11.7. The van der Waals surface area contributed by atoms with Crippen molar-refractivity contribution in [1.29, 1.82) is 0 Å². The molecule has 96 valence electrons. The summed E-state index contributed by atoms with van der Waals surface area (Å²) >= 11 is 10.4. The molecule has 0 radical (unpaired) electrons. The van der Waals surface area contributed by atoms with Gasteiger partial charge in [0.25, 0.3) is 0 Å². The van der Waals surface area contributed by atoms with E-state index in [1.807, 2.05) is 6.92 Å². The van der Waals surface area contributed by atoms with E-state index >= 15 is 0 Å². The first-order valence-corrected chi connectivity index (χ1v) is 7.29. The monoisotopic (exact) mass is 340 g/mol. The minimum Gasteiger partial charge on any atom is -0.466 e. The lowest BCUT2D eigenvalue weighted by molar-refractivity contribution is -0.152. The molecule has 2 unspecified atom stereocenters. The predicted molar refractivity (Wildman–Crippen MR) is 72.4 cm³/mol. The van der Waals surface area contributed by atoms with Crippen molar-refractivity contribution < 1.29 is 14.6 Å². The van der Waals surface area contributed by atoms with Crippen molar-refractivity contribution in [2.45, 2.75) is 26.4 Å². The molecule has 0 bridgehead atoms. The lowest BCUT2D eigenvalue weighted by Crippen LogP contribution is -2.23. The molecule has 1 aromatic rings. The molecule has 0 saturated heterocycles. The van der Waals surface area contributed by atoms with Gasteiger partial charge in [0, 0.05) is 9.35 Å². The van der Waals surface area contributed by atoms with Gasteiger partial charge in [0.2, 0.25) is 0 Å². The predicted octanol–water partition coefficient (Wildman–Crippen LogP) is 3.79. The number of esters is 1. The second kappa shape index (κ2) is 6.73. The van der Waals surface area contributed by atoms with Crippen LogP contribution in [0.5, 0.6) is 0 Å². The Balaban J connectivity index is 2.85. The fourth-order valence-corrected chi connectivity index (χ4v) is 3.26. The topological polar surface area (TPSA) is 46.5 Å². The molecule has 0 fully saturated rings. The van der Waals surface area contributed by atoms with Gasteiger partial charge in [-0.2, -0.15) is 0 Å². The number of carbonyl (C=O) groups excluding carboxylic acids is 1. The summed E-state index contributed by atoms with van der Waals surface area (Å²) in [6.45, 7) is 3.90. The Hall–Kier alpha value is -0.100. The van der Waals surface area contributed by atoms with Crippen molar-refractivity contribution in [3.63, 3.8) is 0 Å². The summed E-state index contributed by atoms with van der Waals surface area (Å²) in [4.78, 5) is 12.3. The van der Waals surface area contributed by atoms with E-state index in [1.165, 1.54) is 11.3 Å². The molecule has 1 aromatic heterocycles. The summed E-state index contributed by atoms with van der Waals surface area (Å²) in [6, 6.07) is 1.74. The highest BCUT2D eigenvalue weighted by Crippen LogP contribution is 2.38. The Morgan fingerprint density at radius 1 is 1.65 bits per heavy atom. The highest BCUT2D eigenvalue weighted by atomic mass is 79.9. The summed E-state index contributed by atoms with van der Waals surface area (Å²) in [6.07, 6.45) is -0.347. The smallest absolute Gasteiger partial charge is 0.311 e. The molecular weight excluding hydrogens is 328 g/mol. The molecule has 0 spiro atoms. The fourth-order valence-electron chi connectivity index (χ4n) is 1.48. The van der Waals surface area contributed by atoms with Crippen molar-refractivity contribution in [1.82, 2.24) is 0 Å². The Kier molecular flexibility index (Phi) is 5.92. The number of aliphatic hydroxyl groups excluding tert-OH is 1. The van der Waals surface area contributed by atoms with Crippen LogP contribution in [0.25, 0.3) is 0 Å². The van der Waals surface area contributed by atoms with Gasteiger partial charge in [-0.15, -0.1) is 11.3 Å². The molecule has 0 aliphatic heterocycles. The first kappa shape index (κ1) is 15.0. The molecule has 17 heavy (non-hydrogen) atoms. The fraction of sp³-hybridized carbons (Fsp3) is 0.545. The minimum atomic E-state index is -0.868. The summed E-state index contributed by atoms with van der Waals surface area (Å²) in [5.74, 6) is -0.917. The first-order valence-electron chi connectivity index (χ1n) is 5.30. The maximum Gasteiger partial charge on any atom is 0.311 e. The SMILES string of the molecule is CCOC(=O)C(CC)C(O)c1cc(Br)c(Cl)s1. The van der Waals surface area contributed by atoms with E-state index in [1.54, 1.807) is 13.0 Å². The molecule has 2 atom stereocenters. The van der Waals surface area contributed by atoms with Gasteiger partial charge in [0.1, 0.15) is 10.4 Å². The average Bonchev–Trinajstić information content (AvgIpc) is 2.60. The molecule has 0 aliphatic carbocycles. The molecule has 3 nitrogen and oxygen atoms in total. The zero-order chi connectivity index (χ0) is 13.0. The molecule has 0 aromatic carbocycles. The summed E-state index contributed by atoms with van der Waals surface area (Å²) < 4.78 is 6.24. The van der Waals surface area contributed by atoms with Gasteiger partial charge in [-0.1, -0.05) is 18.5 Å². The van der Waals surface area contributed by atoms with Crippen LogP contribution in [-0.2, 0) is 9.53 Å². The van der Waals surface area contributed by atoms with Crippen LogP contribution in [0.4, 0.5) is 0 Å². The number of carbonyl (C=O) groups is 1. The lowest BCUT2D eigenvalue weighted by atomic mass is 9.98. The Labute approximate surface area is 118 Å². The van der Waals surface area contributed by atoms with Gasteiger partial charge in [0.05, 0.1) is 12.5 Å². The third-order valence-electron chi connectivity index (χ3n) is 2.37. The summed E-state index contributed by atoms with van der Waals surface area (Å²) in [5.41, 5.74) is 0. The number of ether oxygens (including phenoxy) is 1. The highest BCUT2D eigenvalue weighted by molar-refractivity contribution is 9.10. The normalized spacial score (nSPS) is 14.4. The number of hydrogen-bond acceptors (Lipinski definition) is 4. The number of rotatable bonds is 5. The van der Waals surface area contributed by atoms with Crippen LogP contribution < -0.4 is 0 Å². The Morgan fingerprint density at radius 2 is 2.29 bits per heavy atom. The molecule has 6 heteroatoms. The van der Waals surface area contributed by atoms with Crippen LogP contribution in [0.3, 0.4) is 0 Å². The van der Waals surface area contributed by atoms with Gasteiger partial charge in [-0.25, -0.2) is 0 Å². The Morgan fingerprint density at radius 3 is 2.71 bits per heavy atom. The average molecular weight is 342 g/mol. The van der Waals surface area contributed by atoms with Gasteiger partial charge >= 0.3 is 5.97 Å². The van der Waals surface area contributed by atoms with Crippen LogP contribution >= 0.6 is 38.9 Å². The van der Waals surface area contributed by atoms with Crippen molar-refractivity contribution >= 4 is 44.8 Å². The highest BCUT2D eigenvalue weighted by Gasteiger charge is 2.29. The second-order valence-electron chi connectivity index (χ2n) is 3.48. The molecule has 0 saturated carbocycles. The van der Waals surface area contributed by atoms with Crippen molar-refractivity contribution in [2.24, 2.45) is 5.92 Å². The van der Waals surface area contributed by atoms with E-state index < -0.39 is 12.0 Å². The molecular formula is C11H14BrClO3S. The zero-order valence-corrected chi connectivity index (χ0v) is 12.7. The lowest BCUT2D eigenvalue weighted by Gasteiger charge is -2.18. The van der Waals surface area contributed by atoms with E-state index in [-0.39, 0.29) is 5.97 Å². The van der Waals surface area contributed by atoms with Crippen molar-refractivity contribution in [3.05, 3.63) is 19.8 Å². The molecule has 1 heterocycles.